The van der Waals surface area contributed by atoms with Crippen molar-refractivity contribution >= 4 is 0 Å². The SMILES string of the molecule is CNC(Cc1ccn(C2CCCCC2)n1)c1cccnc1. The van der Waals surface area contributed by atoms with Gasteiger partial charge in [0.15, 0.2) is 0 Å². The van der Waals surface area contributed by atoms with E-state index in [1.165, 1.54) is 37.7 Å². The molecule has 0 amide bonds. The number of pyridine rings is 1. The van der Waals surface area contributed by atoms with Gasteiger partial charge < -0.3 is 5.32 Å². The van der Waals surface area contributed by atoms with E-state index in [9.17, 15) is 0 Å². The molecule has 0 spiro atoms. The highest BCUT2D eigenvalue weighted by molar-refractivity contribution is 5.16. The van der Waals surface area contributed by atoms with Gasteiger partial charge in [0.25, 0.3) is 0 Å². The lowest BCUT2D eigenvalue weighted by Crippen LogP contribution is -2.19. The van der Waals surface area contributed by atoms with Gasteiger partial charge in [-0.2, -0.15) is 5.10 Å². The van der Waals surface area contributed by atoms with E-state index < -0.39 is 0 Å². The van der Waals surface area contributed by atoms with Gasteiger partial charge in [-0.15, -0.1) is 0 Å². The maximum atomic E-state index is 4.80. The number of nitrogens with zero attached hydrogens (tertiary/aromatic N) is 3. The highest BCUT2D eigenvalue weighted by Gasteiger charge is 2.17. The van der Waals surface area contributed by atoms with Gasteiger partial charge in [-0.1, -0.05) is 25.3 Å². The van der Waals surface area contributed by atoms with Crippen molar-refractivity contribution in [2.24, 2.45) is 0 Å². The van der Waals surface area contributed by atoms with Crippen LogP contribution in [0.15, 0.2) is 36.8 Å². The maximum Gasteiger partial charge on any atom is 0.0643 e. The first kappa shape index (κ1) is 14.3. The number of likely N-dealkylation sites (N-methyl/N-ethyl adjacent to an activating group) is 1. The van der Waals surface area contributed by atoms with Crippen LogP contribution < -0.4 is 5.32 Å². The molecule has 4 heteroatoms. The quantitative estimate of drug-likeness (QED) is 0.916. The van der Waals surface area contributed by atoms with Gasteiger partial charge in [0, 0.05) is 31.1 Å². The first-order chi connectivity index (χ1) is 10.4. The third-order valence-electron chi connectivity index (χ3n) is 4.46. The molecule has 1 atom stereocenters. The highest BCUT2D eigenvalue weighted by Crippen LogP contribution is 2.27. The summed E-state index contributed by atoms with van der Waals surface area (Å²) in [6, 6.07) is 7.15. The van der Waals surface area contributed by atoms with Crippen molar-refractivity contribution in [2.45, 2.75) is 50.6 Å². The molecular formula is C17H24N4. The summed E-state index contributed by atoms with van der Waals surface area (Å²) in [5, 5.41) is 8.17. The number of rotatable bonds is 5. The molecule has 1 aliphatic rings. The minimum Gasteiger partial charge on any atom is -0.313 e. The first-order valence-electron chi connectivity index (χ1n) is 7.98. The van der Waals surface area contributed by atoms with Crippen molar-refractivity contribution < 1.29 is 0 Å². The van der Waals surface area contributed by atoms with Crippen molar-refractivity contribution in [1.29, 1.82) is 0 Å². The molecule has 0 aliphatic heterocycles. The summed E-state index contributed by atoms with van der Waals surface area (Å²) in [5.41, 5.74) is 2.37. The van der Waals surface area contributed by atoms with E-state index >= 15 is 0 Å². The van der Waals surface area contributed by atoms with Crippen molar-refractivity contribution in [2.75, 3.05) is 7.05 Å². The zero-order valence-electron chi connectivity index (χ0n) is 12.7. The Morgan fingerprint density at radius 2 is 2.14 bits per heavy atom. The molecule has 1 aliphatic carbocycles. The second-order valence-electron chi connectivity index (χ2n) is 5.91. The smallest absolute Gasteiger partial charge is 0.0643 e. The monoisotopic (exact) mass is 284 g/mol. The van der Waals surface area contributed by atoms with E-state index in [1.54, 1.807) is 0 Å². The molecule has 2 heterocycles. The molecule has 2 aromatic rings. The van der Waals surface area contributed by atoms with Crippen LogP contribution in [-0.4, -0.2) is 21.8 Å². The fourth-order valence-corrected chi connectivity index (χ4v) is 3.21. The second-order valence-corrected chi connectivity index (χ2v) is 5.91. The van der Waals surface area contributed by atoms with E-state index in [2.05, 4.69) is 33.3 Å². The summed E-state index contributed by atoms with van der Waals surface area (Å²) in [4.78, 5) is 4.21. The standard InChI is InChI=1S/C17H24N4/c1-18-17(14-6-5-10-19-13-14)12-15-9-11-21(20-15)16-7-3-2-4-8-16/h5-6,9-11,13,16-18H,2-4,7-8,12H2,1H3. The first-order valence-corrected chi connectivity index (χ1v) is 7.98. The van der Waals surface area contributed by atoms with Crippen LogP contribution in [0.2, 0.25) is 0 Å². The summed E-state index contributed by atoms with van der Waals surface area (Å²) in [6.07, 6.45) is 13.4. The lowest BCUT2D eigenvalue weighted by molar-refractivity contribution is 0.327. The number of aromatic nitrogens is 3. The van der Waals surface area contributed by atoms with Crippen LogP contribution in [0.3, 0.4) is 0 Å². The second kappa shape index (κ2) is 6.85. The lowest BCUT2D eigenvalue weighted by atomic mass is 9.96. The van der Waals surface area contributed by atoms with Crippen LogP contribution in [0.25, 0.3) is 0 Å². The van der Waals surface area contributed by atoms with Gasteiger partial charge in [0.05, 0.1) is 11.7 Å². The van der Waals surface area contributed by atoms with Gasteiger partial charge in [-0.05, 0) is 37.6 Å². The molecule has 21 heavy (non-hydrogen) atoms. The van der Waals surface area contributed by atoms with Crippen LogP contribution in [0, 0.1) is 0 Å². The topological polar surface area (TPSA) is 42.7 Å². The Bertz CT molecular complexity index is 543. The van der Waals surface area contributed by atoms with Crippen LogP contribution in [0.5, 0.6) is 0 Å². The minimum absolute atomic E-state index is 0.272. The molecule has 1 unspecified atom stereocenters. The Hall–Kier alpha value is -1.68. The van der Waals surface area contributed by atoms with Gasteiger partial charge in [0.2, 0.25) is 0 Å². The molecule has 2 aromatic heterocycles. The Morgan fingerprint density at radius 3 is 2.86 bits per heavy atom. The van der Waals surface area contributed by atoms with E-state index in [0.29, 0.717) is 6.04 Å². The molecule has 4 nitrogen and oxygen atoms in total. The molecule has 1 saturated carbocycles. The van der Waals surface area contributed by atoms with E-state index in [4.69, 9.17) is 5.10 Å². The Morgan fingerprint density at radius 1 is 1.29 bits per heavy atom. The fraction of sp³-hybridized carbons (Fsp3) is 0.529. The molecule has 3 rings (SSSR count). The number of hydrogen-bond acceptors (Lipinski definition) is 3. The van der Waals surface area contributed by atoms with E-state index in [0.717, 1.165) is 12.1 Å². The number of hydrogen-bond donors (Lipinski definition) is 1. The van der Waals surface area contributed by atoms with Crippen molar-refractivity contribution in [3.05, 3.63) is 48.0 Å². The van der Waals surface area contributed by atoms with Crippen molar-refractivity contribution in [3.63, 3.8) is 0 Å². The minimum atomic E-state index is 0.272. The molecule has 0 radical (unpaired) electrons. The van der Waals surface area contributed by atoms with Gasteiger partial charge in [-0.3, -0.25) is 9.67 Å². The van der Waals surface area contributed by atoms with Crippen LogP contribution in [-0.2, 0) is 6.42 Å². The molecule has 0 bridgehead atoms. The molecule has 112 valence electrons. The molecule has 0 saturated heterocycles. The Balaban J connectivity index is 1.68. The largest absolute Gasteiger partial charge is 0.313 e. The van der Waals surface area contributed by atoms with Gasteiger partial charge >= 0.3 is 0 Å². The van der Waals surface area contributed by atoms with Crippen LogP contribution in [0.4, 0.5) is 0 Å². The third-order valence-corrected chi connectivity index (χ3v) is 4.46. The van der Waals surface area contributed by atoms with Crippen LogP contribution >= 0.6 is 0 Å². The molecule has 0 aromatic carbocycles. The van der Waals surface area contributed by atoms with Crippen LogP contribution in [0.1, 0.15) is 55.4 Å². The third kappa shape index (κ3) is 3.50. The van der Waals surface area contributed by atoms with Crippen molar-refractivity contribution in [3.8, 4) is 0 Å². The lowest BCUT2D eigenvalue weighted by Gasteiger charge is -2.22. The maximum absolute atomic E-state index is 4.80. The normalized spacial score (nSPS) is 17.8. The summed E-state index contributed by atoms with van der Waals surface area (Å²) < 4.78 is 2.18. The molecule has 1 N–H and O–H groups in total. The number of nitrogens with one attached hydrogen (secondary N) is 1. The average molecular weight is 284 g/mol. The Kier molecular flexibility index (Phi) is 4.65. The molecule has 1 fully saturated rings. The highest BCUT2D eigenvalue weighted by atomic mass is 15.3. The zero-order valence-corrected chi connectivity index (χ0v) is 12.7. The predicted molar refractivity (Wildman–Crippen MR) is 84.1 cm³/mol. The summed E-state index contributed by atoms with van der Waals surface area (Å²) >= 11 is 0. The van der Waals surface area contributed by atoms with E-state index in [-0.39, 0.29) is 6.04 Å². The van der Waals surface area contributed by atoms with Gasteiger partial charge in [0.1, 0.15) is 0 Å². The zero-order chi connectivity index (χ0) is 14.5. The summed E-state index contributed by atoms with van der Waals surface area (Å²) in [5.74, 6) is 0. The summed E-state index contributed by atoms with van der Waals surface area (Å²) in [7, 11) is 2.00. The average Bonchev–Trinajstić information content (AvgIpc) is 3.03. The summed E-state index contributed by atoms with van der Waals surface area (Å²) in [6.45, 7) is 0. The fourth-order valence-electron chi connectivity index (χ4n) is 3.21. The molecular weight excluding hydrogens is 260 g/mol. The Labute approximate surface area is 126 Å². The predicted octanol–water partition coefficient (Wildman–Crippen LogP) is 3.29. The van der Waals surface area contributed by atoms with E-state index in [1.807, 2.05) is 25.5 Å². The van der Waals surface area contributed by atoms with Crippen molar-refractivity contribution in [1.82, 2.24) is 20.1 Å². The van der Waals surface area contributed by atoms with Gasteiger partial charge in [-0.25, -0.2) is 0 Å².